The number of nitrogens with one attached hydrogen (secondary N) is 1. The molecule has 0 saturated heterocycles. The van der Waals surface area contributed by atoms with E-state index < -0.39 is 11.4 Å². The lowest BCUT2D eigenvalue weighted by atomic mass is 10.3. The van der Waals surface area contributed by atoms with E-state index in [1.807, 2.05) is 45.9 Å². The number of aromatic nitrogens is 1. The minimum atomic E-state index is -1.10. The Labute approximate surface area is 125 Å². The number of hydrogen-bond acceptors (Lipinski definition) is 4. The molecule has 1 N–H and O–H groups in total. The molecule has 1 aromatic carbocycles. The van der Waals surface area contributed by atoms with Gasteiger partial charge in [-0.1, -0.05) is 11.6 Å². The highest BCUT2D eigenvalue weighted by Crippen LogP contribution is 2.29. The highest BCUT2D eigenvalue weighted by Gasteiger charge is 2.29. The summed E-state index contributed by atoms with van der Waals surface area (Å²) >= 11 is 6.45. The second-order valence-electron chi connectivity index (χ2n) is 5.38. The fraction of sp³-hybridized carbons (Fsp3) is 0.462. The van der Waals surface area contributed by atoms with Crippen LogP contribution >= 0.6 is 22.9 Å². The summed E-state index contributed by atoms with van der Waals surface area (Å²) in [6.45, 7) is 7.81. The molecule has 0 radical (unpaired) electrons. The Bertz CT molecular complexity index is 580. The van der Waals surface area contributed by atoms with Crippen LogP contribution in [-0.2, 0) is 11.4 Å². The Morgan fingerprint density at radius 3 is 2.74 bits per heavy atom. The lowest BCUT2D eigenvalue weighted by Gasteiger charge is -2.25. The maximum absolute atomic E-state index is 12.1. The van der Waals surface area contributed by atoms with E-state index in [-0.39, 0.29) is 10.8 Å². The molecule has 1 aromatic heterocycles. The summed E-state index contributed by atoms with van der Waals surface area (Å²) in [5.41, 5.74) is 0.891. The van der Waals surface area contributed by atoms with E-state index in [4.69, 9.17) is 11.6 Å². The van der Waals surface area contributed by atoms with Gasteiger partial charge in [0.1, 0.15) is 15.8 Å². The molecule has 0 aliphatic rings. The molecular formula is C13H17ClN2OS2. The van der Waals surface area contributed by atoms with Crippen LogP contribution in [0, 0.1) is 0 Å². The van der Waals surface area contributed by atoms with Crippen molar-refractivity contribution in [3.8, 4) is 0 Å². The van der Waals surface area contributed by atoms with E-state index in [0.29, 0.717) is 5.02 Å². The van der Waals surface area contributed by atoms with Crippen molar-refractivity contribution in [3.63, 3.8) is 0 Å². The van der Waals surface area contributed by atoms with Crippen LogP contribution in [0.1, 0.15) is 38.7 Å². The zero-order chi connectivity index (χ0) is 14.2. The predicted molar refractivity (Wildman–Crippen MR) is 84.1 cm³/mol. The third kappa shape index (κ3) is 3.61. The fourth-order valence-electron chi connectivity index (χ4n) is 1.49. The molecular weight excluding hydrogens is 300 g/mol. The van der Waals surface area contributed by atoms with Gasteiger partial charge < -0.3 is 4.55 Å². The Balaban J connectivity index is 2.20. The molecule has 0 spiro atoms. The van der Waals surface area contributed by atoms with Crippen molar-refractivity contribution < 1.29 is 4.55 Å². The minimum absolute atomic E-state index is 0.0452. The topological polar surface area (TPSA) is 48.0 Å². The Hall–Kier alpha value is -0.330. The van der Waals surface area contributed by atoms with Gasteiger partial charge in [-0.05, 0) is 45.9 Å². The molecule has 19 heavy (non-hydrogen) atoms. The first-order valence-electron chi connectivity index (χ1n) is 6.01. The SMILES string of the molecule is CC(N[S+]([O-])C(C)(C)C)c1nc2cc(Cl)ccc2s1. The van der Waals surface area contributed by atoms with Crippen LogP contribution in [0.25, 0.3) is 10.2 Å². The number of rotatable bonds is 3. The van der Waals surface area contributed by atoms with Crippen molar-refractivity contribution in [3.05, 3.63) is 28.2 Å². The molecule has 104 valence electrons. The van der Waals surface area contributed by atoms with Crippen LogP contribution in [0.3, 0.4) is 0 Å². The molecule has 0 fully saturated rings. The van der Waals surface area contributed by atoms with Crippen molar-refractivity contribution in [2.24, 2.45) is 0 Å². The van der Waals surface area contributed by atoms with Gasteiger partial charge in [0, 0.05) is 16.4 Å². The van der Waals surface area contributed by atoms with Crippen molar-refractivity contribution in [1.82, 2.24) is 9.71 Å². The van der Waals surface area contributed by atoms with Gasteiger partial charge in [0.15, 0.2) is 0 Å². The summed E-state index contributed by atoms with van der Waals surface area (Å²) in [5, 5.41) is 1.61. The van der Waals surface area contributed by atoms with Crippen LogP contribution < -0.4 is 4.72 Å². The molecule has 2 aromatic rings. The maximum atomic E-state index is 12.1. The average Bonchev–Trinajstić information content (AvgIpc) is 2.70. The molecule has 3 nitrogen and oxygen atoms in total. The summed E-state index contributed by atoms with van der Waals surface area (Å²) in [7, 11) is 0. The smallest absolute Gasteiger partial charge is 0.136 e. The van der Waals surface area contributed by atoms with Gasteiger partial charge >= 0.3 is 0 Å². The van der Waals surface area contributed by atoms with Crippen molar-refractivity contribution in [2.45, 2.75) is 38.5 Å². The first-order valence-corrected chi connectivity index (χ1v) is 8.36. The van der Waals surface area contributed by atoms with Gasteiger partial charge in [-0.25, -0.2) is 4.98 Å². The third-order valence-corrected chi connectivity index (χ3v) is 5.71. The average molecular weight is 317 g/mol. The van der Waals surface area contributed by atoms with Crippen LogP contribution in [0.15, 0.2) is 18.2 Å². The standard InChI is InChI=1S/C13H17ClN2OS2/c1-8(16-19(17)13(2,3)4)12-15-10-7-9(14)5-6-11(10)18-12/h5-8,16H,1-4H3. The second-order valence-corrected chi connectivity index (χ2v) is 8.88. The van der Waals surface area contributed by atoms with Gasteiger partial charge in [-0.3, -0.25) is 0 Å². The molecule has 2 unspecified atom stereocenters. The monoisotopic (exact) mass is 316 g/mol. The van der Waals surface area contributed by atoms with E-state index in [0.717, 1.165) is 15.2 Å². The number of hydrogen-bond donors (Lipinski definition) is 1. The molecule has 2 atom stereocenters. The molecule has 6 heteroatoms. The normalized spacial score (nSPS) is 15.7. The molecule has 0 saturated carbocycles. The minimum Gasteiger partial charge on any atom is -0.598 e. The molecule has 0 aliphatic heterocycles. The number of benzene rings is 1. The van der Waals surface area contributed by atoms with Crippen LogP contribution in [0.5, 0.6) is 0 Å². The zero-order valence-corrected chi connectivity index (χ0v) is 13.7. The summed E-state index contributed by atoms with van der Waals surface area (Å²) in [4.78, 5) is 4.55. The third-order valence-electron chi connectivity index (χ3n) is 2.58. The van der Waals surface area contributed by atoms with Crippen LogP contribution in [-0.4, -0.2) is 14.3 Å². The largest absolute Gasteiger partial charge is 0.598 e. The van der Waals surface area contributed by atoms with Crippen molar-refractivity contribution in [1.29, 1.82) is 0 Å². The van der Waals surface area contributed by atoms with Crippen LogP contribution in [0.2, 0.25) is 5.02 Å². The first kappa shape index (κ1) is 15.1. The first-order chi connectivity index (χ1) is 8.77. The van der Waals surface area contributed by atoms with E-state index in [2.05, 4.69) is 9.71 Å². The van der Waals surface area contributed by atoms with Gasteiger partial charge in [0.25, 0.3) is 0 Å². The highest BCUT2D eigenvalue weighted by atomic mass is 35.5. The highest BCUT2D eigenvalue weighted by molar-refractivity contribution is 7.90. The van der Waals surface area contributed by atoms with Gasteiger partial charge in [0.05, 0.1) is 10.2 Å². The molecule has 0 aliphatic carbocycles. The van der Waals surface area contributed by atoms with E-state index >= 15 is 0 Å². The van der Waals surface area contributed by atoms with Gasteiger partial charge in [-0.15, -0.1) is 16.1 Å². The maximum Gasteiger partial charge on any atom is 0.136 e. The van der Waals surface area contributed by atoms with Gasteiger partial charge in [-0.2, -0.15) is 0 Å². The number of halogens is 1. The van der Waals surface area contributed by atoms with Gasteiger partial charge in [0.2, 0.25) is 0 Å². The van der Waals surface area contributed by atoms with Crippen LogP contribution in [0.4, 0.5) is 0 Å². The van der Waals surface area contributed by atoms with E-state index in [1.165, 1.54) is 0 Å². The summed E-state index contributed by atoms with van der Waals surface area (Å²) < 4.78 is 16.0. The zero-order valence-electron chi connectivity index (χ0n) is 11.4. The summed E-state index contributed by atoms with van der Waals surface area (Å²) in [5.74, 6) is 0. The molecule has 1 heterocycles. The van der Waals surface area contributed by atoms with E-state index in [1.54, 1.807) is 11.3 Å². The lowest BCUT2D eigenvalue weighted by Crippen LogP contribution is -2.40. The second kappa shape index (κ2) is 5.58. The fourth-order valence-corrected chi connectivity index (χ4v) is 3.47. The quantitative estimate of drug-likeness (QED) is 0.869. The van der Waals surface area contributed by atoms with E-state index in [9.17, 15) is 4.55 Å². The molecule has 2 rings (SSSR count). The lowest BCUT2D eigenvalue weighted by molar-refractivity contribution is 0.531. The molecule has 0 bridgehead atoms. The predicted octanol–water partition coefficient (Wildman–Crippen LogP) is 4.06. The van der Waals surface area contributed by atoms with Crippen molar-refractivity contribution in [2.75, 3.05) is 0 Å². The number of fused-ring (bicyclic) bond motifs is 1. The Morgan fingerprint density at radius 2 is 2.11 bits per heavy atom. The Morgan fingerprint density at radius 1 is 1.42 bits per heavy atom. The number of thiazole rings is 1. The van der Waals surface area contributed by atoms with Crippen molar-refractivity contribution >= 4 is 44.5 Å². The molecule has 0 amide bonds. The number of nitrogens with zero attached hydrogens (tertiary/aromatic N) is 1. The Kier molecular flexibility index (Phi) is 4.42. The summed E-state index contributed by atoms with van der Waals surface area (Å²) in [6, 6.07) is 5.63. The summed E-state index contributed by atoms with van der Waals surface area (Å²) in [6.07, 6.45) is 0.